The molecule has 1 aliphatic heterocycles. The maximum atomic E-state index is 9.63. The molecule has 0 amide bonds. The monoisotopic (exact) mass is 459 g/mol. The molecule has 6 rings (SSSR count). The van der Waals surface area contributed by atoms with Gasteiger partial charge in [-0.3, -0.25) is 0 Å². The van der Waals surface area contributed by atoms with Crippen molar-refractivity contribution in [2.45, 2.75) is 5.92 Å². The first-order chi connectivity index (χ1) is 17.8. The van der Waals surface area contributed by atoms with E-state index in [1.807, 2.05) is 18.2 Å². The highest BCUT2D eigenvalue weighted by Crippen LogP contribution is 2.51. The Hall–Kier alpha value is -5.12. The van der Waals surface area contributed by atoms with Crippen LogP contribution in [0.25, 0.3) is 11.1 Å². The summed E-state index contributed by atoms with van der Waals surface area (Å²) in [7, 11) is 0. The van der Waals surface area contributed by atoms with Gasteiger partial charge in [0.05, 0.1) is 34.6 Å². The lowest BCUT2D eigenvalue weighted by Gasteiger charge is -2.38. The van der Waals surface area contributed by atoms with Crippen LogP contribution in [-0.4, -0.2) is 0 Å². The van der Waals surface area contributed by atoms with E-state index in [-0.39, 0.29) is 5.92 Å². The third-order valence-corrected chi connectivity index (χ3v) is 6.82. The Kier molecular flexibility index (Phi) is 5.30. The maximum absolute atomic E-state index is 9.63. The van der Waals surface area contributed by atoms with Crippen molar-refractivity contribution in [3.63, 3.8) is 0 Å². The normalized spacial score (nSPS) is 12.2. The molecule has 0 saturated heterocycles. The highest BCUT2D eigenvalue weighted by atomic mass is 15.2. The Labute approximate surface area is 210 Å². The number of para-hydroxylation sites is 2. The summed E-state index contributed by atoms with van der Waals surface area (Å²) in [6.07, 6.45) is 0. The molecule has 3 heteroatoms. The highest BCUT2D eigenvalue weighted by molar-refractivity contribution is 5.86. The summed E-state index contributed by atoms with van der Waals surface area (Å²) in [6, 6.07) is 45.8. The lowest BCUT2D eigenvalue weighted by molar-refractivity contribution is 0.939. The number of fused-ring (bicyclic) bond motifs is 2. The Bertz CT molecular complexity index is 1610. The van der Waals surface area contributed by atoms with Crippen molar-refractivity contribution in [3.05, 3.63) is 149 Å². The van der Waals surface area contributed by atoms with Gasteiger partial charge in [-0.25, -0.2) is 0 Å². The standard InChI is InChI=1S/C33H21N3/c34-21-23-14-19-28(26(20-23)22-35)24-15-17-27(18-16-24)36-31-12-6-4-10-29(31)33(25-8-2-1-3-9-25)30-11-5-7-13-32(30)36/h1-20,33H. The fourth-order valence-electron chi connectivity index (χ4n) is 5.20. The van der Waals surface area contributed by atoms with E-state index in [0.29, 0.717) is 11.1 Å². The quantitative estimate of drug-likeness (QED) is 0.269. The molecule has 0 aromatic heterocycles. The highest BCUT2D eigenvalue weighted by Gasteiger charge is 2.31. The summed E-state index contributed by atoms with van der Waals surface area (Å²) in [5.74, 6) is 0.158. The van der Waals surface area contributed by atoms with Crippen molar-refractivity contribution in [2.24, 2.45) is 0 Å². The molecule has 0 radical (unpaired) electrons. The molecule has 0 aliphatic carbocycles. The molecular formula is C33H21N3. The third-order valence-electron chi connectivity index (χ3n) is 6.82. The summed E-state index contributed by atoms with van der Waals surface area (Å²) >= 11 is 0. The van der Waals surface area contributed by atoms with E-state index >= 15 is 0 Å². The molecule has 3 nitrogen and oxygen atoms in total. The first-order valence-electron chi connectivity index (χ1n) is 11.9. The molecule has 0 saturated carbocycles. The largest absolute Gasteiger partial charge is 0.310 e. The fraction of sp³-hybridized carbons (Fsp3) is 0.0303. The van der Waals surface area contributed by atoms with Crippen molar-refractivity contribution in [1.82, 2.24) is 0 Å². The van der Waals surface area contributed by atoms with Gasteiger partial charge in [0.25, 0.3) is 0 Å². The van der Waals surface area contributed by atoms with Crippen molar-refractivity contribution >= 4 is 17.1 Å². The molecule has 0 spiro atoms. The van der Waals surface area contributed by atoms with Crippen LogP contribution in [0.4, 0.5) is 17.1 Å². The van der Waals surface area contributed by atoms with Gasteiger partial charge in [0.1, 0.15) is 0 Å². The van der Waals surface area contributed by atoms with Crippen LogP contribution in [0.5, 0.6) is 0 Å². The van der Waals surface area contributed by atoms with Crippen molar-refractivity contribution in [2.75, 3.05) is 4.90 Å². The summed E-state index contributed by atoms with van der Waals surface area (Å²) in [5.41, 5.74) is 9.95. The SMILES string of the molecule is N#Cc1ccc(-c2ccc(N3c4ccccc4C(c4ccccc4)c4ccccc43)cc2)c(C#N)c1. The Morgan fingerprint density at radius 1 is 0.583 bits per heavy atom. The average Bonchev–Trinajstić information content (AvgIpc) is 2.96. The predicted molar refractivity (Wildman–Crippen MR) is 143 cm³/mol. The van der Waals surface area contributed by atoms with Crippen LogP contribution in [0.1, 0.15) is 33.7 Å². The van der Waals surface area contributed by atoms with Crippen LogP contribution in [-0.2, 0) is 0 Å². The molecule has 5 aromatic rings. The zero-order chi connectivity index (χ0) is 24.5. The molecule has 168 valence electrons. The lowest BCUT2D eigenvalue weighted by atomic mass is 9.80. The van der Waals surface area contributed by atoms with Crippen molar-refractivity contribution in [3.8, 4) is 23.3 Å². The second-order valence-corrected chi connectivity index (χ2v) is 8.83. The zero-order valence-electron chi connectivity index (χ0n) is 19.5. The van der Waals surface area contributed by atoms with Gasteiger partial charge >= 0.3 is 0 Å². The van der Waals surface area contributed by atoms with Gasteiger partial charge in [0.15, 0.2) is 0 Å². The van der Waals surface area contributed by atoms with E-state index in [1.54, 1.807) is 12.1 Å². The van der Waals surface area contributed by atoms with Gasteiger partial charge < -0.3 is 4.90 Å². The van der Waals surface area contributed by atoms with Crippen LogP contribution in [0.15, 0.2) is 121 Å². The number of nitriles is 2. The van der Waals surface area contributed by atoms with E-state index in [4.69, 9.17) is 0 Å². The minimum absolute atomic E-state index is 0.158. The number of rotatable bonds is 3. The Morgan fingerprint density at radius 3 is 1.81 bits per heavy atom. The smallest absolute Gasteiger partial charge is 0.0998 e. The average molecular weight is 460 g/mol. The molecule has 5 aromatic carbocycles. The van der Waals surface area contributed by atoms with Crippen LogP contribution >= 0.6 is 0 Å². The van der Waals surface area contributed by atoms with E-state index < -0.39 is 0 Å². The van der Waals surface area contributed by atoms with E-state index in [9.17, 15) is 10.5 Å². The predicted octanol–water partition coefficient (Wildman–Crippen LogP) is 8.06. The molecule has 0 atom stereocenters. The van der Waals surface area contributed by atoms with Crippen LogP contribution in [0.3, 0.4) is 0 Å². The summed E-state index contributed by atoms with van der Waals surface area (Å²) in [6.45, 7) is 0. The Morgan fingerprint density at radius 2 is 1.19 bits per heavy atom. The minimum atomic E-state index is 0.158. The van der Waals surface area contributed by atoms with Gasteiger partial charge in [0.2, 0.25) is 0 Å². The number of nitrogens with zero attached hydrogens (tertiary/aromatic N) is 3. The molecule has 1 heterocycles. The van der Waals surface area contributed by atoms with Crippen molar-refractivity contribution in [1.29, 1.82) is 10.5 Å². The first kappa shape index (κ1) is 21.4. The first-order valence-corrected chi connectivity index (χ1v) is 11.9. The van der Waals surface area contributed by atoms with Gasteiger partial charge in [-0.2, -0.15) is 10.5 Å². The van der Waals surface area contributed by atoms with Gasteiger partial charge in [-0.15, -0.1) is 0 Å². The maximum Gasteiger partial charge on any atom is 0.0998 e. The van der Waals surface area contributed by atoms with E-state index in [1.165, 1.54) is 16.7 Å². The van der Waals surface area contributed by atoms with Gasteiger partial charge in [-0.1, -0.05) is 84.9 Å². The second-order valence-electron chi connectivity index (χ2n) is 8.83. The third kappa shape index (κ3) is 3.52. The fourth-order valence-corrected chi connectivity index (χ4v) is 5.20. The molecule has 0 N–H and O–H groups in total. The van der Waals surface area contributed by atoms with Crippen LogP contribution in [0.2, 0.25) is 0 Å². The number of hydrogen-bond donors (Lipinski definition) is 0. The second kappa shape index (κ2) is 8.91. The van der Waals surface area contributed by atoms with E-state index in [0.717, 1.165) is 28.2 Å². The zero-order valence-corrected chi connectivity index (χ0v) is 19.5. The van der Waals surface area contributed by atoms with Crippen LogP contribution < -0.4 is 4.90 Å². The molecular weight excluding hydrogens is 438 g/mol. The minimum Gasteiger partial charge on any atom is -0.310 e. The topological polar surface area (TPSA) is 50.8 Å². The summed E-state index contributed by atoms with van der Waals surface area (Å²) in [5, 5.41) is 18.8. The van der Waals surface area contributed by atoms with Gasteiger partial charge in [-0.05, 0) is 64.2 Å². The molecule has 0 unspecified atom stereocenters. The summed E-state index contributed by atoms with van der Waals surface area (Å²) in [4.78, 5) is 2.32. The number of benzene rings is 5. The van der Waals surface area contributed by atoms with Gasteiger partial charge in [0, 0.05) is 11.6 Å². The molecule has 1 aliphatic rings. The van der Waals surface area contributed by atoms with Crippen LogP contribution in [0, 0.1) is 22.7 Å². The van der Waals surface area contributed by atoms with Crippen molar-refractivity contribution < 1.29 is 0 Å². The lowest BCUT2D eigenvalue weighted by Crippen LogP contribution is -2.22. The number of hydrogen-bond acceptors (Lipinski definition) is 3. The molecule has 0 bridgehead atoms. The Balaban J connectivity index is 1.48. The number of anilines is 3. The summed E-state index contributed by atoms with van der Waals surface area (Å²) < 4.78 is 0. The molecule has 0 fully saturated rings. The van der Waals surface area contributed by atoms with E-state index in [2.05, 4.69) is 108 Å². The molecule has 36 heavy (non-hydrogen) atoms.